The average molecular weight is 454 g/mol. The number of aryl methyl sites for hydroxylation is 1. The van der Waals surface area contributed by atoms with Crippen molar-refractivity contribution in [3.8, 4) is 28.5 Å². The van der Waals surface area contributed by atoms with Crippen molar-refractivity contribution in [3.63, 3.8) is 0 Å². The molecule has 0 saturated carbocycles. The van der Waals surface area contributed by atoms with E-state index in [0.717, 1.165) is 66.8 Å². The van der Waals surface area contributed by atoms with Gasteiger partial charge in [0, 0.05) is 55.4 Å². The lowest BCUT2D eigenvalue weighted by Crippen LogP contribution is -2.52. The summed E-state index contributed by atoms with van der Waals surface area (Å²) in [5.74, 6) is 2.57. The van der Waals surface area contributed by atoms with Crippen molar-refractivity contribution < 1.29 is 0 Å². The number of nitrogens with zero attached hydrogens (tertiary/aromatic N) is 9. The van der Waals surface area contributed by atoms with Crippen LogP contribution >= 0.6 is 0 Å². The third kappa shape index (κ3) is 3.22. The van der Waals surface area contributed by atoms with Gasteiger partial charge in [0.1, 0.15) is 5.82 Å². The summed E-state index contributed by atoms with van der Waals surface area (Å²) >= 11 is 0. The Kier molecular flexibility index (Phi) is 4.51. The van der Waals surface area contributed by atoms with Crippen molar-refractivity contribution in [2.45, 2.75) is 44.3 Å². The van der Waals surface area contributed by atoms with Gasteiger partial charge in [-0.3, -0.25) is 9.58 Å². The van der Waals surface area contributed by atoms with Gasteiger partial charge in [0.15, 0.2) is 11.6 Å². The van der Waals surface area contributed by atoms with E-state index in [1.165, 1.54) is 18.5 Å². The summed E-state index contributed by atoms with van der Waals surface area (Å²) in [7, 11) is 2.26. The number of hydrogen-bond acceptors (Lipinski definition) is 7. The maximum Gasteiger partial charge on any atom is 0.163 e. The minimum Gasteiger partial charge on any atom is -0.353 e. The molecule has 0 aliphatic carbocycles. The molecule has 0 radical (unpaired) electrons. The molecule has 172 valence electrons. The first-order valence-corrected chi connectivity index (χ1v) is 12.1. The number of rotatable bonds is 4. The van der Waals surface area contributed by atoms with E-state index in [1.807, 2.05) is 41.6 Å². The molecule has 3 aliphatic heterocycles. The number of aromatic nitrogens is 7. The Morgan fingerprint density at radius 2 is 1.79 bits per heavy atom. The van der Waals surface area contributed by atoms with Gasteiger partial charge >= 0.3 is 0 Å². The quantitative estimate of drug-likeness (QED) is 0.470. The zero-order chi connectivity index (χ0) is 22.6. The predicted octanol–water partition coefficient (Wildman–Crippen LogP) is 2.82. The average Bonchev–Trinajstić information content (AvgIpc) is 3.64. The molecule has 2 atom stereocenters. The Hall–Kier alpha value is -3.59. The van der Waals surface area contributed by atoms with E-state index in [2.05, 4.69) is 48.8 Å². The molecular weight excluding hydrogens is 426 g/mol. The lowest BCUT2D eigenvalue weighted by molar-refractivity contribution is 0.212. The summed E-state index contributed by atoms with van der Waals surface area (Å²) in [5.41, 5.74) is 4.05. The molecule has 7 heterocycles. The Morgan fingerprint density at radius 1 is 0.941 bits per heavy atom. The van der Waals surface area contributed by atoms with Crippen molar-refractivity contribution in [3.05, 3.63) is 54.7 Å². The second-order valence-corrected chi connectivity index (χ2v) is 9.58. The Morgan fingerprint density at radius 3 is 2.68 bits per heavy atom. The molecule has 4 aromatic rings. The minimum atomic E-state index is 0.629. The van der Waals surface area contributed by atoms with Crippen LogP contribution < -0.4 is 4.90 Å². The van der Waals surface area contributed by atoms with Crippen LogP contribution in [0.3, 0.4) is 0 Å². The first kappa shape index (κ1) is 19.8. The standard InChI is InChI=1S/C25H27N9/c1-31-18-7-8-19(31)16-32(15-18)23-5-2-6-24(30-23)34-14-17(12-27-34)21-9-10-26-25(29-21)20-13-28-33-11-3-4-22(20)33/h2,5-6,9-10,12-14,18-19H,3-4,7-8,11,15-16H2,1H3. The number of pyridine rings is 1. The Labute approximate surface area is 198 Å². The highest BCUT2D eigenvalue weighted by molar-refractivity contribution is 5.64. The van der Waals surface area contributed by atoms with Crippen molar-refractivity contribution >= 4 is 5.82 Å². The van der Waals surface area contributed by atoms with E-state index in [1.54, 1.807) is 0 Å². The molecule has 7 rings (SSSR count). The monoisotopic (exact) mass is 453 g/mol. The second kappa shape index (κ2) is 7.73. The molecule has 0 N–H and O–H groups in total. The highest BCUT2D eigenvalue weighted by atomic mass is 15.4. The summed E-state index contributed by atoms with van der Waals surface area (Å²) in [6, 6.07) is 9.38. The van der Waals surface area contributed by atoms with Crippen molar-refractivity contribution in [2.75, 3.05) is 25.0 Å². The highest BCUT2D eigenvalue weighted by Crippen LogP contribution is 2.31. The van der Waals surface area contributed by atoms with Crippen molar-refractivity contribution in [2.24, 2.45) is 0 Å². The molecule has 0 aromatic carbocycles. The first-order chi connectivity index (χ1) is 16.7. The van der Waals surface area contributed by atoms with Crippen molar-refractivity contribution in [1.82, 2.24) is 39.4 Å². The van der Waals surface area contributed by atoms with Crippen LogP contribution in [-0.4, -0.2) is 71.6 Å². The van der Waals surface area contributed by atoms with Crippen molar-refractivity contribution in [1.29, 1.82) is 0 Å². The fourth-order valence-corrected chi connectivity index (χ4v) is 5.70. The van der Waals surface area contributed by atoms with Gasteiger partial charge in [-0.05, 0) is 50.9 Å². The van der Waals surface area contributed by atoms with Crippen LogP contribution in [0, 0.1) is 0 Å². The number of anilines is 1. The fourth-order valence-electron chi connectivity index (χ4n) is 5.70. The van der Waals surface area contributed by atoms with Crippen LogP contribution in [0.25, 0.3) is 28.5 Å². The van der Waals surface area contributed by atoms with E-state index >= 15 is 0 Å². The fraction of sp³-hybridized carbons (Fsp3) is 0.400. The Bertz CT molecular complexity index is 1340. The Balaban J connectivity index is 1.16. The molecule has 9 nitrogen and oxygen atoms in total. The molecule has 2 bridgehead atoms. The summed E-state index contributed by atoms with van der Waals surface area (Å²) in [4.78, 5) is 19.3. The molecule has 0 spiro atoms. The zero-order valence-electron chi connectivity index (χ0n) is 19.2. The van der Waals surface area contributed by atoms with Gasteiger partial charge in [-0.2, -0.15) is 10.2 Å². The summed E-state index contributed by atoms with van der Waals surface area (Å²) < 4.78 is 3.90. The lowest BCUT2D eigenvalue weighted by atomic mass is 10.1. The van der Waals surface area contributed by atoms with Gasteiger partial charge in [-0.25, -0.2) is 19.6 Å². The predicted molar refractivity (Wildman–Crippen MR) is 129 cm³/mol. The lowest BCUT2D eigenvalue weighted by Gasteiger charge is -2.39. The smallest absolute Gasteiger partial charge is 0.163 e. The molecule has 2 unspecified atom stereocenters. The van der Waals surface area contributed by atoms with Crippen LogP contribution in [0.5, 0.6) is 0 Å². The number of likely N-dealkylation sites (N-methyl/N-ethyl adjacent to an activating group) is 1. The summed E-state index contributed by atoms with van der Waals surface area (Å²) in [6.07, 6.45) is 12.3. The minimum absolute atomic E-state index is 0.629. The third-order valence-electron chi connectivity index (χ3n) is 7.63. The van der Waals surface area contributed by atoms with Crippen LogP contribution in [0.4, 0.5) is 5.82 Å². The molecular formula is C25H27N9. The SMILES string of the molecule is CN1C2CCC1CN(c1cccc(-n3cc(-c4ccnc(-c5cnn6c5CCC6)n4)cn3)n1)C2. The first-order valence-electron chi connectivity index (χ1n) is 12.1. The molecule has 2 fully saturated rings. The summed E-state index contributed by atoms with van der Waals surface area (Å²) in [6.45, 7) is 3.05. The highest BCUT2D eigenvalue weighted by Gasteiger charge is 2.37. The van der Waals surface area contributed by atoms with Crippen LogP contribution in [0.2, 0.25) is 0 Å². The molecule has 0 amide bonds. The van der Waals surface area contributed by atoms with E-state index in [0.29, 0.717) is 12.1 Å². The molecule has 34 heavy (non-hydrogen) atoms. The van der Waals surface area contributed by atoms with Crippen LogP contribution in [0.1, 0.15) is 25.0 Å². The summed E-state index contributed by atoms with van der Waals surface area (Å²) in [5, 5.41) is 9.09. The van der Waals surface area contributed by atoms with Gasteiger partial charge in [0.05, 0.1) is 23.7 Å². The maximum atomic E-state index is 4.96. The van der Waals surface area contributed by atoms with Gasteiger partial charge < -0.3 is 4.90 Å². The number of fused-ring (bicyclic) bond motifs is 3. The normalized spacial score (nSPS) is 21.9. The number of piperazine rings is 1. The van der Waals surface area contributed by atoms with Gasteiger partial charge in [0.2, 0.25) is 0 Å². The van der Waals surface area contributed by atoms with Gasteiger partial charge in [-0.15, -0.1) is 0 Å². The third-order valence-corrected chi connectivity index (χ3v) is 7.63. The van der Waals surface area contributed by atoms with E-state index < -0.39 is 0 Å². The number of hydrogen-bond donors (Lipinski definition) is 0. The van der Waals surface area contributed by atoms with Gasteiger partial charge in [0.25, 0.3) is 0 Å². The maximum absolute atomic E-state index is 4.96. The second-order valence-electron chi connectivity index (χ2n) is 9.58. The largest absolute Gasteiger partial charge is 0.353 e. The van der Waals surface area contributed by atoms with Crippen LogP contribution in [-0.2, 0) is 13.0 Å². The molecule has 9 heteroatoms. The topological polar surface area (TPSA) is 80.8 Å². The molecule has 3 aliphatic rings. The van der Waals surface area contributed by atoms with E-state index in [-0.39, 0.29) is 0 Å². The van der Waals surface area contributed by atoms with E-state index in [9.17, 15) is 0 Å². The van der Waals surface area contributed by atoms with Crippen LogP contribution in [0.15, 0.2) is 49.1 Å². The van der Waals surface area contributed by atoms with Gasteiger partial charge in [-0.1, -0.05) is 6.07 Å². The van der Waals surface area contributed by atoms with E-state index in [4.69, 9.17) is 9.97 Å². The molecule has 2 saturated heterocycles. The molecule has 4 aromatic heterocycles. The zero-order valence-corrected chi connectivity index (χ0v) is 19.2.